The summed E-state index contributed by atoms with van der Waals surface area (Å²) < 4.78 is 0. The van der Waals surface area contributed by atoms with Gasteiger partial charge in [-0.2, -0.15) is 4.99 Å². The van der Waals surface area contributed by atoms with Gasteiger partial charge in [0, 0.05) is 6.54 Å². The van der Waals surface area contributed by atoms with Crippen molar-refractivity contribution in [3.63, 3.8) is 0 Å². The van der Waals surface area contributed by atoms with Crippen molar-refractivity contribution in [2.45, 2.75) is 39.2 Å². The number of nitrogens with zero attached hydrogens (tertiary/aromatic N) is 2. The van der Waals surface area contributed by atoms with E-state index in [4.69, 9.17) is 5.73 Å². The highest BCUT2D eigenvalue weighted by Crippen LogP contribution is 2.34. The SMILES string of the molecule is CC(C)CN1C(=O)N=C(N)C1C1CCC1. The van der Waals surface area contributed by atoms with Crippen molar-refractivity contribution in [3.8, 4) is 0 Å². The second-order valence-corrected chi connectivity index (χ2v) is 5.00. The lowest BCUT2D eigenvalue weighted by molar-refractivity contribution is 0.152. The van der Waals surface area contributed by atoms with Crippen LogP contribution in [-0.2, 0) is 0 Å². The van der Waals surface area contributed by atoms with Crippen LogP contribution in [0.15, 0.2) is 4.99 Å². The Morgan fingerprint density at radius 3 is 2.67 bits per heavy atom. The summed E-state index contributed by atoms with van der Waals surface area (Å²) in [6.45, 7) is 4.99. The summed E-state index contributed by atoms with van der Waals surface area (Å²) in [5.74, 6) is 1.56. The van der Waals surface area contributed by atoms with E-state index in [9.17, 15) is 4.79 Å². The second-order valence-electron chi connectivity index (χ2n) is 5.00. The molecule has 84 valence electrons. The minimum absolute atomic E-state index is 0.0913. The number of rotatable bonds is 3. The number of aliphatic imine (C=N–C) groups is 1. The molecule has 0 spiro atoms. The lowest BCUT2D eigenvalue weighted by Gasteiger charge is -2.37. The molecule has 1 aliphatic heterocycles. The molecule has 0 aromatic heterocycles. The van der Waals surface area contributed by atoms with Gasteiger partial charge in [-0.1, -0.05) is 20.3 Å². The third kappa shape index (κ3) is 1.85. The van der Waals surface area contributed by atoms with E-state index in [0.29, 0.717) is 17.7 Å². The first-order valence-electron chi connectivity index (χ1n) is 5.74. The van der Waals surface area contributed by atoms with Crippen LogP contribution in [0.5, 0.6) is 0 Å². The Labute approximate surface area is 90.5 Å². The molecule has 2 N–H and O–H groups in total. The summed E-state index contributed by atoms with van der Waals surface area (Å²) in [5, 5.41) is 0. The summed E-state index contributed by atoms with van der Waals surface area (Å²) in [6, 6.07) is -0.0493. The largest absolute Gasteiger partial charge is 0.385 e. The number of amidine groups is 1. The van der Waals surface area contributed by atoms with E-state index < -0.39 is 0 Å². The Balaban J connectivity index is 2.09. The minimum Gasteiger partial charge on any atom is -0.385 e. The van der Waals surface area contributed by atoms with Crippen molar-refractivity contribution in [3.05, 3.63) is 0 Å². The van der Waals surface area contributed by atoms with Crippen molar-refractivity contribution in [2.24, 2.45) is 22.6 Å². The van der Waals surface area contributed by atoms with Gasteiger partial charge in [0.05, 0.1) is 6.04 Å². The fraction of sp³-hybridized carbons (Fsp3) is 0.818. The number of carbonyl (C=O) groups is 1. The molecule has 0 bridgehead atoms. The molecule has 2 amide bonds. The summed E-state index contributed by atoms with van der Waals surface area (Å²) in [5.41, 5.74) is 5.83. The normalized spacial score (nSPS) is 27.1. The maximum Gasteiger partial charge on any atom is 0.345 e. The van der Waals surface area contributed by atoms with E-state index in [1.54, 1.807) is 0 Å². The van der Waals surface area contributed by atoms with Crippen LogP contribution in [0.2, 0.25) is 0 Å². The predicted molar refractivity (Wildman–Crippen MR) is 59.7 cm³/mol. The summed E-state index contributed by atoms with van der Waals surface area (Å²) in [6.07, 6.45) is 3.63. The van der Waals surface area contributed by atoms with Gasteiger partial charge >= 0.3 is 6.03 Å². The zero-order chi connectivity index (χ0) is 11.0. The molecule has 1 fully saturated rings. The Kier molecular flexibility index (Phi) is 2.67. The van der Waals surface area contributed by atoms with E-state index in [1.165, 1.54) is 19.3 Å². The zero-order valence-electron chi connectivity index (χ0n) is 9.44. The van der Waals surface area contributed by atoms with E-state index in [2.05, 4.69) is 18.8 Å². The molecule has 0 radical (unpaired) electrons. The summed E-state index contributed by atoms with van der Waals surface area (Å²) >= 11 is 0. The van der Waals surface area contributed by atoms with Crippen LogP contribution in [-0.4, -0.2) is 29.4 Å². The van der Waals surface area contributed by atoms with Crippen LogP contribution >= 0.6 is 0 Å². The van der Waals surface area contributed by atoms with E-state index >= 15 is 0 Å². The van der Waals surface area contributed by atoms with Crippen molar-refractivity contribution in [1.29, 1.82) is 0 Å². The van der Waals surface area contributed by atoms with Crippen LogP contribution < -0.4 is 5.73 Å². The molecule has 1 atom stereocenters. The predicted octanol–water partition coefficient (Wildman–Crippen LogP) is 1.60. The monoisotopic (exact) mass is 209 g/mol. The topological polar surface area (TPSA) is 58.7 Å². The van der Waals surface area contributed by atoms with Gasteiger partial charge in [-0.05, 0) is 24.7 Å². The van der Waals surface area contributed by atoms with E-state index in [-0.39, 0.29) is 12.1 Å². The highest BCUT2D eigenvalue weighted by Gasteiger charge is 2.41. The molecule has 2 aliphatic rings. The van der Waals surface area contributed by atoms with Crippen molar-refractivity contribution in [1.82, 2.24) is 4.90 Å². The van der Waals surface area contributed by atoms with Gasteiger partial charge in [-0.3, -0.25) is 0 Å². The Bertz CT molecular complexity index is 294. The van der Waals surface area contributed by atoms with Gasteiger partial charge < -0.3 is 10.6 Å². The van der Waals surface area contributed by atoms with Gasteiger partial charge in [-0.15, -0.1) is 0 Å². The van der Waals surface area contributed by atoms with Gasteiger partial charge in [0.25, 0.3) is 0 Å². The third-order valence-corrected chi connectivity index (χ3v) is 3.27. The van der Waals surface area contributed by atoms with E-state index in [1.807, 2.05) is 4.90 Å². The van der Waals surface area contributed by atoms with Gasteiger partial charge in [0.15, 0.2) is 0 Å². The molecule has 4 nitrogen and oxygen atoms in total. The lowest BCUT2D eigenvalue weighted by atomic mass is 9.79. The Hall–Kier alpha value is -1.06. The molecule has 0 saturated heterocycles. The average Bonchev–Trinajstić information content (AvgIpc) is 2.28. The van der Waals surface area contributed by atoms with Gasteiger partial charge in [0.2, 0.25) is 0 Å². The Morgan fingerprint density at radius 2 is 2.20 bits per heavy atom. The maximum absolute atomic E-state index is 11.6. The third-order valence-electron chi connectivity index (χ3n) is 3.27. The van der Waals surface area contributed by atoms with Crippen LogP contribution in [0.1, 0.15) is 33.1 Å². The molecule has 15 heavy (non-hydrogen) atoms. The van der Waals surface area contributed by atoms with Crippen molar-refractivity contribution in [2.75, 3.05) is 6.54 Å². The highest BCUT2D eigenvalue weighted by atomic mass is 16.2. The quantitative estimate of drug-likeness (QED) is 0.767. The maximum atomic E-state index is 11.6. The molecule has 0 aromatic carbocycles. The van der Waals surface area contributed by atoms with Crippen LogP contribution in [0.25, 0.3) is 0 Å². The first kappa shape index (κ1) is 10.5. The number of carbonyl (C=O) groups excluding carboxylic acids is 1. The first-order valence-corrected chi connectivity index (χ1v) is 5.74. The van der Waals surface area contributed by atoms with Crippen molar-refractivity contribution >= 4 is 11.9 Å². The average molecular weight is 209 g/mol. The molecular formula is C11H19N3O. The Morgan fingerprint density at radius 1 is 1.53 bits per heavy atom. The van der Waals surface area contributed by atoms with Crippen LogP contribution in [0.4, 0.5) is 4.79 Å². The number of nitrogens with two attached hydrogens (primary N) is 1. The molecule has 0 aromatic rings. The minimum atomic E-state index is -0.141. The van der Waals surface area contributed by atoms with E-state index in [0.717, 1.165) is 6.54 Å². The number of hydrogen-bond acceptors (Lipinski definition) is 2. The molecule has 1 aliphatic carbocycles. The first-order chi connectivity index (χ1) is 7.09. The standard InChI is InChI=1S/C11H19N3O/c1-7(2)6-14-9(8-4-3-5-8)10(12)13-11(14)15/h7-9H,3-6H2,1-2H3,(H2,12,13,15). The molecule has 2 rings (SSSR count). The fourth-order valence-corrected chi connectivity index (χ4v) is 2.36. The molecule has 1 saturated carbocycles. The van der Waals surface area contributed by atoms with Crippen LogP contribution in [0, 0.1) is 11.8 Å². The number of amides is 2. The van der Waals surface area contributed by atoms with Crippen LogP contribution in [0.3, 0.4) is 0 Å². The van der Waals surface area contributed by atoms with Crippen molar-refractivity contribution < 1.29 is 4.79 Å². The highest BCUT2D eigenvalue weighted by molar-refractivity contribution is 6.03. The summed E-state index contributed by atoms with van der Waals surface area (Å²) in [4.78, 5) is 17.4. The summed E-state index contributed by atoms with van der Waals surface area (Å²) in [7, 11) is 0. The van der Waals surface area contributed by atoms with Gasteiger partial charge in [0.1, 0.15) is 5.84 Å². The zero-order valence-corrected chi connectivity index (χ0v) is 9.44. The number of urea groups is 1. The fourth-order valence-electron chi connectivity index (χ4n) is 2.36. The van der Waals surface area contributed by atoms with Gasteiger partial charge in [-0.25, -0.2) is 4.79 Å². The smallest absolute Gasteiger partial charge is 0.345 e. The lowest BCUT2D eigenvalue weighted by Crippen LogP contribution is -2.48. The second kappa shape index (κ2) is 3.83. The number of hydrogen-bond donors (Lipinski definition) is 1. The molecular weight excluding hydrogens is 190 g/mol. The molecule has 1 heterocycles. The molecule has 4 heteroatoms. The molecule has 1 unspecified atom stereocenters.